The maximum Gasteiger partial charge on any atom is 0.0187 e. The molecule has 0 aromatic heterocycles. The van der Waals surface area contributed by atoms with Gasteiger partial charge < -0.3 is 9.11 Å². The summed E-state index contributed by atoms with van der Waals surface area (Å²) in [5.74, 6) is 0. The Hall–Kier alpha value is 0.220. The van der Waals surface area contributed by atoms with Gasteiger partial charge in [0.1, 0.15) is 0 Å². The molecule has 0 rings (SSSR count). The molecule has 0 saturated heterocycles. The van der Waals surface area contributed by atoms with Gasteiger partial charge in [-0.15, -0.1) is 0 Å². The predicted octanol–water partition coefficient (Wildman–Crippen LogP) is 2.64. The van der Waals surface area contributed by atoms with Gasteiger partial charge in [0, 0.05) is 10.5 Å². The third-order valence-electron chi connectivity index (χ3n) is 3.13. The first-order chi connectivity index (χ1) is 8.45. The summed E-state index contributed by atoms with van der Waals surface area (Å²) < 4.78 is 42.3. The lowest BCUT2D eigenvalue weighted by Gasteiger charge is -2.14. The summed E-state index contributed by atoms with van der Waals surface area (Å²) in [5, 5.41) is -0.476. The van der Waals surface area contributed by atoms with Crippen LogP contribution in [0.15, 0.2) is 0 Å². The lowest BCUT2D eigenvalue weighted by molar-refractivity contribution is 0.504. The van der Waals surface area contributed by atoms with Crippen LogP contribution in [0.3, 0.4) is 0 Å². The van der Waals surface area contributed by atoms with Crippen molar-refractivity contribution in [2.24, 2.45) is 0 Å². The average molecular weight is 296 g/mol. The summed E-state index contributed by atoms with van der Waals surface area (Å²) in [6.07, 6.45) is 7.71. The van der Waals surface area contributed by atoms with Crippen LogP contribution in [0, 0.1) is 0 Å². The number of rotatable bonds is 11. The lowest BCUT2D eigenvalue weighted by Crippen LogP contribution is -2.09. The van der Waals surface area contributed by atoms with E-state index in [9.17, 15) is 17.5 Å². The lowest BCUT2D eigenvalue weighted by atomic mass is 10.1. The maximum atomic E-state index is 10.6. The van der Waals surface area contributed by atoms with Crippen molar-refractivity contribution in [1.29, 1.82) is 0 Å². The second-order valence-electron chi connectivity index (χ2n) is 4.84. The van der Waals surface area contributed by atoms with Crippen molar-refractivity contribution in [3.8, 4) is 0 Å². The molecule has 4 atom stereocenters. The molecule has 0 amide bonds. The predicted molar refractivity (Wildman–Crippen MR) is 73.7 cm³/mol. The molecule has 0 aliphatic carbocycles. The van der Waals surface area contributed by atoms with Gasteiger partial charge in [-0.3, -0.25) is 8.42 Å². The van der Waals surface area contributed by atoms with E-state index in [2.05, 4.69) is 0 Å². The molecule has 0 radical (unpaired) electrons. The molecular weight excluding hydrogens is 272 g/mol. The largest absolute Gasteiger partial charge is 0.772 e. The minimum absolute atomic E-state index is 0.238. The molecule has 4 unspecified atom stereocenters. The molecule has 18 heavy (non-hydrogen) atoms. The average Bonchev–Trinajstić information content (AvgIpc) is 2.31. The summed E-state index contributed by atoms with van der Waals surface area (Å²) in [4.78, 5) is 0. The SMILES string of the molecule is CC(CCCCCCCCC(C)S(=O)[O-])S(=O)[O-]. The summed E-state index contributed by atoms with van der Waals surface area (Å²) in [7, 11) is 0. The van der Waals surface area contributed by atoms with Crippen LogP contribution >= 0.6 is 0 Å². The Morgan fingerprint density at radius 1 is 0.722 bits per heavy atom. The number of hydrogen-bond acceptors (Lipinski definition) is 4. The van der Waals surface area contributed by atoms with Crippen LogP contribution in [0.5, 0.6) is 0 Å². The third-order valence-corrected chi connectivity index (χ3v) is 4.91. The van der Waals surface area contributed by atoms with Gasteiger partial charge in [-0.2, -0.15) is 0 Å². The van der Waals surface area contributed by atoms with Gasteiger partial charge in [0.05, 0.1) is 0 Å². The fourth-order valence-electron chi connectivity index (χ4n) is 1.76. The van der Waals surface area contributed by atoms with E-state index in [4.69, 9.17) is 0 Å². The van der Waals surface area contributed by atoms with E-state index >= 15 is 0 Å². The molecule has 0 spiro atoms. The molecule has 4 nitrogen and oxygen atoms in total. The van der Waals surface area contributed by atoms with Gasteiger partial charge in [0.25, 0.3) is 0 Å². The monoisotopic (exact) mass is 296 g/mol. The zero-order valence-electron chi connectivity index (χ0n) is 11.3. The summed E-state index contributed by atoms with van der Waals surface area (Å²) >= 11 is -3.88. The Balaban J connectivity index is 3.26. The van der Waals surface area contributed by atoms with Gasteiger partial charge >= 0.3 is 0 Å². The molecule has 0 aliphatic heterocycles. The first-order valence-electron chi connectivity index (χ1n) is 6.61. The molecule has 0 N–H and O–H groups in total. The van der Waals surface area contributed by atoms with Crippen LogP contribution in [0.2, 0.25) is 0 Å². The fraction of sp³-hybridized carbons (Fsp3) is 1.00. The third kappa shape index (κ3) is 10.2. The number of unbranched alkanes of at least 4 members (excludes halogenated alkanes) is 5. The van der Waals surface area contributed by atoms with E-state index in [1.54, 1.807) is 13.8 Å². The smallest absolute Gasteiger partial charge is 0.0187 e. The Morgan fingerprint density at radius 2 is 1.00 bits per heavy atom. The van der Waals surface area contributed by atoms with E-state index in [0.717, 1.165) is 51.4 Å². The Morgan fingerprint density at radius 3 is 1.28 bits per heavy atom. The fourth-order valence-corrected chi connectivity index (χ4v) is 2.48. The van der Waals surface area contributed by atoms with Gasteiger partial charge in [-0.1, -0.05) is 74.5 Å². The first kappa shape index (κ1) is 18.2. The van der Waals surface area contributed by atoms with Gasteiger partial charge in [-0.25, -0.2) is 0 Å². The van der Waals surface area contributed by atoms with Crippen LogP contribution in [-0.2, 0) is 22.2 Å². The van der Waals surface area contributed by atoms with Crippen LogP contribution in [0.4, 0.5) is 0 Å². The van der Waals surface area contributed by atoms with Crippen molar-refractivity contribution in [1.82, 2.24) is 0 Å². The first-order valence-corrected chi connectivity index (χ1v) is 8.89. The highest BCUT2D eigenvalue weighted by atomic mass is 32.2. The quantitative estimate of drug-likeness (QED) is 0.433. The topological polar surface area (TPSA) is 80.3 Å². The molecule has 0 aliphatic rings. The zero-order valence-corrected chi connectivity index (χ0v) is 12.9. The number of hydrogen-bond donors (Lipinski definition) is 0. The van der Waals surface area contributed by atoms with E-state index in [1.807, 2.05) is 0 Å². The van der Waals surface area contributed by atoms with Crippen molar-refractivity contribution in [2.75, 3.05) is 0 Å². The van der Waals surface area contributed by atoms with Crippen molar-refractivity contribution >= 4 is 22.2 Å². The van der Waals surface area contributed by atoms with E-state index in [0.29, 0.717) is 0 Å². The van der Waals surface area contributed by atoms with Crippen molar-refractivity contribution in [2.45, 2.75) is 75.7 Å². The summed E-state index contributed by atoms with van der Waals surface area (Å²) in [6, 6.07) is 0. The molecule has 0 aromatic carbocycles. The standard InChI is InChI=1S/C12H26O4S2/c1-11(17(13)14)9-7-5-3-4-6-8-10-12(2)18(15)16/h11-12H,3-10H2,1-2H3,(H,13,14)(H,15,16)/p-2. The molecule has 0 heterocycles. The minimum atomic E-state index is -1.94. The molecule has 0 saturated carbocycles. The van der Waals surface area contributed by atoms with Gasteiger partial charge in [0.2, 0.25) is 0 Å². The maximum absolute atomic E-state index is 10.6. The van der Waals surface area contributed by atoms with Gasteiger partial charge in [0.15, 0.2) is 0 Å². The molecule has 0 bridgehead atoms. The second-order valence-corrected chi connectivity index (χ2v) is 7.49. The zero-order chi connectivity index (χ0) is 14.0. The van der Waals surface area contributed by atoms with Crippen LogP contribution < -0.4 is 0 Å². The Bertz CT molecular complexity index is 232. The Kier molecular flexibility index (Phi) is 11.2. The Labute approximate surface area is 116 Å². The highest BCUT2D eigenvalue weighted by Gasteiger charge is 2.02. The highest BCUT2D eigenvalue weighted by Crippen LogP contribution is 2.13. The van der Waals surface area contributed by atoms with Crippen molar-refractivity contribution in [3.05, 3.63) is 0 Å². The minimum Gasteiger partial charge on any atom is -0.772 e. The van der Waals surface area contributed by atoms with E-state index < -0.39 is 22.2 Å². The molecule has 6 heteroatoms. The van der Waals surface area contributed by atoms with Crippen LogP contribution in [0.25, 0.3) is 0 Å². The highest BCUT2D eigenvalue weighted by molar-refractivity contribution is 7.80. The molecule has 0 fully saturated rings. The van der Waals surface area contributed by atoms with Crippen LogP contribution in [0.1, 0.15) is 65.2 Å². The van der Waals surface area contributed by atoms with Crippen LogP contribution in [-0.4, -0.2) is 28.0 Å². The van der Waals surface area contributed by atoms with Gasteiger partial charge in [-0.05, 0) is 12.8 Å². The second kappa shape index (κ2) is 11.1. The molecule has 0 aromatic rings. The molecular formula is C12H24O4S2-2. The summed E-state index contributed by atoms with van der Waals surface area (Å²) in [5.41, 5.74) is 0. The van der Waals surface area contributed by atoms with Crippen molar-refractivity contribution < 1.29 is 17.5 Å². The normalized spacial score (nSPS) is 18.2. The summed E-state index contributed by atoms with van der Waals surface area (Å²) in [6.45, 7) is 3.46. The molecule has 110 valence electrons. The van der Waals surface area contributed by atoms with E-state index in [1.165, 1.54) is 0 Å². The van der Waals surface area contributed by atoms with Crippen molar-refractivity contribution in [3.63, 3.8) is 0 Å². The van der Waals surface area contributed by atoms with E-state index in [-0.39, 0.29) is 10.5 Å².